The van der Waals surface area contributed by atoms with Crippen molar-refractivity contribution in [2.24, 2.45) is 0 Å². The van der Waals surface area contributed by atoms with Crippen LogP contribution in [0, 0.1) is 0 Å². The van der Waals surface area contributed by atoms with Crippen molar-refractivity contribution < 1.29 is 4.42 Å². The molecule has 0 atom stereocenters. The summed E-state index contributed by atoms with van der Waals surface area (Å²) < 4.78 is 9.54. The van der Waals surface area contributed by atoms with Gasteiger partial charge in [-0.25, -0.2) is 4.98 Å². The quantitative estimate of drug-likeness (QED) is 0.150. The first kappa shape index (κ1) is 37.7. The van der Waals surface area contributed by atoms with Crippen LogP contribution in [-0.4, -0.2) is 9.38 Å². The minimum Gasteiger partial charge on any atom is -0.455 e. The number of nitrogens with zero attached hydrogens (tertiary/aromatic N) is 2. The summed E-state index contributed by atoms with van der Waals surface area (Å²) in [5.74, 6) is 0. The summed E-state index contributed by atoms with van der Waals surface area (Å²) in [6, 6.07) is 86.9. The summed E-state index contributed by atoms with van der Waals surface area (Å²) in [7, 11) is 0. The molecule has 3 aromatic heterocycles. The number of imidazole rings is 1. The second-order valence-electron chi connectivity index (χ2n) is 17.1. The Morgan fingerprint density at radius 1 is 0.288 bits per heavy atom. The first-order valence-electron chi connectivity index (χ1n) is 22.5. The first-order chi connectivity index (χ1) is 32.7. The minimum atomic E-state index is 0.874. The van der Waals surface area contributed by atoms with Gasteiger partial charge in [-0.3, -0.25) is 4.40 Å². The third-order valence-corrected chi connectivity index (χ3v) is 13.1. The van der Waals surface area contributed by atoms with Crippen LogP contribution in [0.3, 0.4) is 0 Å². The lowest BCUT2D eigenvalue weighted by Gasteiger charge is -2.14. The second-order valence-corrected chi connectivity index (χ2v) is 17.1. The van der Waals surface area contributed by atoms with Crippen molar-refractivity contribution in [2.45, 2.75) is 0 Å². The maximum atomic E-state index is 7.17. The van der Waals surface area contributed by atoms with E-state index in [-0.39, 0.29) is 0 Å². The molecule has 3 nitrogen and oxygen atoms in total. The first-order valence-corrected chi connectivity index (χ1v) is 22.5. The number of rotatable bonds is 7. The third-order valence-electron chi connectivity index (χ3n) is 13.1. The molecule has 0 bridgehead atoms. The number of hydrogen-bond donors (Lipinski definition) is 0. The van der Waals surface area contributed by atoms with E-state index in [1.165, 1.54) is 16.3 Å². The topological polar surface area (TPSA) is 30.4 Å². The standard InChI is InChI=1S/C63H40N2O/c1-6-19-41(20-7-1)49-37-53(43-23-10-3-11-24-43)61-56(39-49)57-40-50(42-21-8-2-9-22-42)38-54(62(57)66-61)48-30-18-29-46(35-48)47-33-34-58-55(36-47)51-31-16-17-32-52(51)63-64-59(44-25-12-4-13-26-44)60(65(58)63)45-27-14-5-15-28-45/h1-40H. The van der Waals surface area contributed by atoms with Crippen molar-refractivity contribution in [3.63, 3.8) is 0 Å². The highest BCUT2D eigenvalue weighted by Crippen LogP contribution is 2.46. The maximum Gasteiger partial charge on any atom is 0.146 e. The van der Waals surface area contributed by atoms with E-state index in [2.05, 4.69) is 247 Å². The van der Waals surface area contributed by atoms with E-state index in [9.17, 15) is 0 Å². The molecule has 308 valence electrons. The van der Waals surface area contributed by atoms with Gasteiger partial charge in [0, 0.05) is 43.8 Å². The normalized spacial score (nSPS) is 11.6. The molecular formula is C63H40N2O. The number of furan rings is 1. The Balaban J connectivity index is 1.04. The fourth-order valence-electron chi connectivity index (χ4n) is 10.0. The Labute approximate surface area is 382 Å². The molecule has 13 aromatic rings. The van der Waals surface area contributed by atoms with Gasteiger partial charge in [-0.2, -0.15) is 0 Å². The molecule has 3 heteroatoms. The van der Waals surface area contributed by atoms with Crippen LogP contribution >= 0.6 is 0 Å². The molecule has 3 heterocycles. The number of fused-ring (bicyclic) bond motifs is 9. The van der Waals surface area contributed by atoms with Gasteiger partial charge in [0.25, 0.3) is 0 Å². The summed E-state index contributed by atoms with van der Waals surface area (Å²) in [5.41, 5.74) is 19.3. The third kappa shape index (κ3) is 6.24. The van der Waals surface area contributed by atoms with Crippen LogP contribution in [-0.2, 0) is 0 Å². The van der Waals surface area contributed by atoms with Crippen LogP contribution in [0.4, 0.5) is 0 Å². The molecule has 0 fully saturated rings. The van der Waals surface area contributed by atoms with E-state index in [4.69, 9.17) is 9.40 Å². The van der Waals surface area contributed by atoms with E-state index < -0.39 is 0 Å². The van der Waals surface area contributed by atoms with Crippen LogP contribution in [0.25, 0.3) is 127 Å². The summed E-state index contributed by atoms with van der Waals surface area (Å²) in [5, 5.41) is 5.64. The fourth-order valence-corrected chi connectivity index (χ4v) is 10.0. The molecular weight excluding hydrogens is 801 g/mol. The minimum absolute atomic E-state index is 0.874. The van der Waals surface area contributed by atoms with Gasteiger partial charge in [0.05, 0.1) is 16.9 Å². The van der Waals surface area contributed by atoms with Crippen LogP contribution in [0.5, 0.6) is 0 Å². The molecule has 0 saturated heterocycles. The van der Waals surface area contributed by atoms with E-state index >= 15 is 0 Å². The van der Waals surface area contributed by atoms with Crippen LogP contribution in [0.15, 0.2) is 247 Å². The second kappa shape index (κ2) is 15.5. The molecule has 0 aliphatic carbocycles. The molecule has 0 amide bonds. The van der Waals surface area contributed by atoms with Crippen molar-refractivity contribution in [3.8, 4) is 78.1 Å². The van der Waals surface area contributed by atoms with Gasteiger partial charge in [0.15, 0.2) is 0 Å². The van der Waals surface area contributed by atoms with Gasteiger partial charge in [-0.15, -0.1) is 0 Å². The molecule has 0 aliphatic heterocycles. The smallest absolute Gasteiger partial charge is 0.146 e. The zero-order valence-corrected chi connectivity index (χ0v) is 35.9. The van der Waals surface area contributed by atoms with Crippen molar-refractivity contribution in [3.05, 3.63) is 243 Å². The molecule has 0 spiro atoms. The molecule has 10 aromatic carbocycles. The highest BCUT2D eigenvalue weighted by atomic mass is 16.3. The van der Waals surface area contributed by atoms with Gasteiger partial charge in [0.2, 0.25) is 0 Å². The van der Waals surface area contributed by atoms with Crippen molar-refractivity contribution >= 4 is 49.3 Å². The Morgan fingerprint density at radius 2 is 0.742 bits per heavy atom. The highest BCUT2D eigenvalue weighted by molar-refractivity contribution is 6.17. The van der Waals surface area contributed by atoms with Gasteiger partial charge < -0.3 is 4.42 Å². The van der Waals surface area contributed by atoms with E-state index in [1.54, 1.807) is 0 Å². The Bertz CT molecular complexity index is 3950. The fraction of sp³-hybridized carbons (Fsp3) is 0. The predicted molar refractivity (Wildman–Crippen MR) is 276 cm³/mol. The van der Waals surface area contributed by atoms with Crippen molar-refractivity contribution in [1.29, 1.82) is 0 Å². The van der Waals surface area contributed by atoms with Crippen molar-refractivity contribution in [2.75, 3.05) is 0 Å². The Hall–Kier alpha value is -8.79. The number of aromatic nitrogens is 2. The summed E-state index contributed by atoms with van der Waals surface area (Å²) in [6.07, 6.45) is 0. The zero-order valence-electron chi connectivity index (χ0n) is 35.9. The number of pyridine rings is 1. The summed E-state index contributed by atoms with van der Waals surface area (Å²) in [6.45, 7) is 0. The van der Waals surface area contributed by atoms with Crippen LogP contribution in [0.1, 0.15) is 0 Å². The van der Waals surface area contributed by atoms with Gasteiger partial charge >= 0.3 is 0 Å². The summed E-state index contributed by atoms with van der Waals surface area (Å²) in [4.78, 5) is 5.43. The van der Waals surface area contributed by atoms with Crippen LogP contribution in [0.2, 0.25) is 0 Å². The lowest BCUT2D eigenvalue weighted by molar-refractivity contribution is 0.671. The average Bonchev–Trinajstić information content (AvgIpc) is 3.99. The van der Waals surface area contributed by atoms with Crippen molar-refractivity contribution in [1.82, 2.24) is 9.38 Å². The largest absolute Gasteiger partial charge is 0.455 e. The predicted octanol–water partition coefficient (Wildman–Crippen LogP) is 17.2. The number of hydrogen-bond acceptors (Lipinski definition) is 2. The molecule has 13 rings (SSSR count). The molecule has 66 heavy (non-hydrogen) atoms. The lowest BCUT2D eigenvalue weighted by atomic mass is 9.92. The van der Waals surface area contributed by atoms with E-state index in [0.29, 0.717) is 0 Å². The van der Waals surface area contributed by atoms with E-state index in [0.717, 1.165) is 111 Å². The monoisotopic (exact) mass is 840 g/mol. The van der Waals surface area contributed by atoms with Crippen LogP contribution < -0.4 is 0 Å². The van der Waals surface area contributed by atoms with E-state index in [1.807, 2.05) is 0 Å². The summed E-state index contributed by atoms with van der Waals surface area (Å²) >= 11 is 0. The maximum absolute atomic E-state index is 7.17. The van der Waals surface area contributed by atoms with Gasteiger partial charge in [-0.05, 0) is 92.4 Å². The molecule has 0 aliphatic rings. The Morgan fingerprint density at radius 3 is 1.35 bits per heavy atom. The molecule has 0 saturated carbocycles. The van der Waals surface area contributed by atoms with Gasteiger partial charge in [0.1, 0.15) is 16.8 Å². The Kier molecular flexibility index (Phi) is 8.85. The van der Waals surface area contributed by atoms with Gasteiger partial charge in [-0.1, -0.05) is 200 Å². The highest BCUT2D eigenvalue weighted by Gasteiger charge is 2.23. The molecule has 0 radical (unpaired) electrons. The lowest BCUT2D eigenvalue weighted by Crippen LogP contribution is -1.95. The number of benzene rings is 10. The zero-order chi connectivity index (χ0) is 43.6. The average molecular weight is 841 g/mol. The molecule has 0 N–H and O–H groups in total. The SMILES string of the molecule is c1ccc(-c2cc(-c3ccccc3)c3oc4c(-c5cccc(-c6ccc7c(c6)c6ccccc6c6nc(-c8ccccc8)c(-c8ccccc8)n76)c5)cc(-c5ccccc5)cc4c3c2)cc1. The molecule has 0 unspecified atom stereocenters.